The number of benzene rings is 3. The summed E-state index contributed by atoms with van der Waals surface area (Å²) in [7, 11) is 0. The quantitative estimate of drug-likeness (QED) is 0.487. The fourth-order valence-electron chi connectivity index (χ4n) is 3.41. The van der Waals surface area contributed by atoms with E-state index in [1.54, 1.807) is 30.6 Å². The summed E-state index contributed by atoms with van der Waals surface area (Å²) in [4.78, 5) is 24.7. The molecule has 5 rings (SSSR count). The third-order valence-corrected chi connectivity index (χ3v) is 4.94. The highest BCUT2D eigenvalue weighted by atomic mass is 16.1. The summed E-state index contributed by atoms with van der Waals surface area (Å²) in [6, 6.07) is 22.5. The molecule has 0 aliphatic heterocycles. The second-order valence-electron chi connectivity index (χ2n) is 6.86. The van der Waals surface area contributed by atoms with Crippen molar-refractivity contribution < 1.29 is 4.79 Å². The SMILES string of the molecule is N#Cc1ccc(-n2cnc3cc(C(=O)NCc4nc5ccccc5[nH]4)ccc32)cc1. The molecule has 2 N–H and O–H groups in total. The molecule has 0 atom stereocenters. The van der Waals surface area contributed by atoms with Crippen LogP contribution in [0.15, 0.2) is 73.1 Å². The summed E-state index contributed by atoms with van der Waals surface area (Å²) in [6.45, 7) is 0.311. The number of aromatic amines is 1. The Morgan fingerprint density at radius 3 is 2.70 bits per heavy atom. The van der Waals surface area contributed by atoms with Gasteiger partial charge in [0.05, 0.1) is 40.2 Å². The second-order valence-corrected chi connectivity index (χ2v) is 6.86. The fraction of sp³-hybridized carbons (Fsp3) is 0.0435. The van der Waals surface area contributed by atoms with Gasteiger partial charge in [0.15, 0.2) is 0 Å². The molecule has 0 radical (unpaired) electrons. The van der Waals surface area contributed by atoms with Crippen molar-refractivity contribution in [1.82, 2.24) is 24.8 Å². The van der Waals surface area contributed by atoms with Crippen LogP contribution in [0.3, 0.4) is 0 Å². The number of rotatable bonds is 4. The van der Waals surface area contributed by atoms with E-state index in [0.717, 1.165) is 27.8 Å². The molecule has 7 heteroatoms. The lowest BCUT2D eigenvalue weighted by Gasteiger charge is -2.06. The van der Waals surface area contributed by atoms with Crippen molar-refractivity contribution in [2.24, 2.45) is 0 Å². The average Bonchev–Trinajstić information content (AvgIpc) is 3.40. The number of aromatic nitrogens is 4. The van der Waals surface area contributed by atoms with Crippen LogP contribution >= 0.6 is 0 Å². The number of amides is 1. The molecule has 144 valence electrons. The lowest BCUT2D eigenvalue weighted by molar-refractivity contribution is 0.0950. The van der Waals surface area contributed by atoms with Crippen LogP contribution in [-0.4, -0.2) is 25.4 Å². The van der Waals surface area contributed by atoms with Gasteiger partial charge in [0.1, 0.15) is 12.2 Å². The Morgan fingerprint density at radius 2 is 1.90 bits per heavy atom. The zero-order valence-corrected chi connectivity index (χ0v) is 15.8. The molecule has 1 amide bonds. The topological polar surface area (TPSA) is 99.4 Å². The van der Waals surface area contributed by atoms with Gasteiger partial charge in [-0.15, -0.1) is 0 Å². The predicted molar refractivity (Wildman–Crippen MR) is 113 cm³/mol. The highest BCUT2D eigenvalue weighted by molar-refractivity contribution is 5.97. The molecule has 0 saturated heterocycles. The Morgan fingerprint density at radius 1 is 1.07 bits per heavy atom. The third-order valence-electron chi connectivity index (χ3n) is 4.94. The van der Waals surface area contributed by atoms with E-state index < -0.39 is 0 Å². The van der Waals surface area contributed by atoms with Crippen molar-refractivity contribution in [2.75, 3.05) is 0 Å². The summed E-state index contributed by atoms with van der Waals surface area (Å²) in [5, 5.41) is 11.8. The van der Waals surface area contributed by atoms with Crippen molar-refractivity contribution in [3.63, 3.8) is 0 Å². The van der Waals surface area contributed by atoms with Gasteiger partial charge in [-0.25, -0.2) is 9.97 Å². The minimum atomic E-state index is -0.190. The Kier molecular flexibility index (Phi) is 4.23. The van der Waals surface area contributed by atoms with Gasteiger partial charge in [0.2, 0.25) is 0 Å². The monoisotopic (exact) mass is 392 g/mol. The first-order valence-electron chi connectivity index (χ1n) is 9.41. The van der Waals surface area contributed by atoms with Gasteiger partial charge >= 0.3 is 0 Å². The lowest BCUT2D eigenvalue weighted by atomic mass is 10.1. The van der Waals surface area contributed by atoms with Crippen LogP contribution in [0, 0.1) is 11.3 Å². The number of H-pyrrole nitrogens is 1. The van der Waals surface area contributed by atoms with Gasteiger partial charge in [0.25, 0.3) is 5.91 Å². The number of hydrogen-bond donors (Lipinski definition) is 2. The lowest BCUT2D eigenvalue weighted by Crippen LogP contribution is -2.23. The summed E-state index contributed by atoms with van der Waals surface area (Å²) < 4.78 is 1.92. The Bertz CT molecular complexity index is 1390. The number of nitrogens with one attached hydrogen (secondary N) is 2. The van der Waals surface area contributed by atoms with Crippen LogP contribution in [0.25, 0.3) is 27.8 Å². The Balaban J connectivity index is 1.35. The molecule has 5 aromatic rings. The molecule has 2 heterocycles. The zero-order chi connectivity index (χ0) is 20.5. The Hall–Kier alpha value is -4.44. The number of carbonyl (C=O) groups is 1. The number of carbonyl (C=O) groups excluding carboxylic acids is 1. The van der Waals surface area contributed by atoms with Crippen molar-refractivity contribution in [2.45, 2.75) is 6.54 Å². The van der Waals surface area contributed by atoms with Crippen LogP contribution in [0.4, 0.5) is 0 Å². The van der Waals surface area contributed by atoms with Crippen LogP contribution in [0.5, 0.6) is 0 Å². The smallest absolute Gasteiger partial charge is 0.251 e. The zero-order valence-electron chi connectivity index (χ0n) is 15.8. The van der Waals surface area contributed by atoms with E-state index in [1.165, 1.54) is 0 Å². The first-order chi connectivity index (χ1) is 14.7. The van der Waals surface area contributed by atoms with Gasteiger partial charge < -0.3 is 10.3 Å². The summed E-state index contributed by atoms with van der Waals surface area (Å²) in [6.07, 6.45) is 1.71. The van der Waals surface area contributed by atoms with E-state index in [4.69, 9.17) is 5.26 Å². The third kappa shape index (κ3) is 3.16. The van der Waals surface area contributed by atoms with E-state index >= 15 is 0 Å². The molecule has 2 aromatic heterocycles. The highest BCUT2D eigenvalue weighted by Gasteiger charge is 2.11. The van der Waals surface area contributed by atoms with Gasteiger partial charge in [0, 0.05) is 11.3 Å². The second kappa shape index (κ2) is 7.18. The van der Waals surface area contributed by atoms with Crippen LogP contribution < -0.4 is 5.32 Å². The fourth-order valence-corrected chi connectivity index (χ4v) is 3.41. The van der Waals surface area contributed by atoms with E-state index in [0.29, 0.717) is 23.5 Å². The molecular weight excluding hydrogens is 376 g/mol. The number of hydrogen-bond acceptors (Lipinski definition) is 4. The maximum absolute atomic E-state index is 12.6. The maximum atomic E-state index is 12.6. The maximum Gasteiger partial charge on any atom is 0.251 e. The molecule has 0 saturated carbocycles. The predicted octanol–water partition coefficient (Wildman–Crippen LogP) is 3.70. The largest absolute Gasteiger partial charge is 0.345 e. The number of nitriles is 1. The van der Waals surface area contributed by atoms with Crippen molar-refractivity contribution >= 4 is 28.0 Å². The molecule has 0 unspecified atom stereocenters. The summed E-state index contributed by atoms with van der Waals surface area (Å²) in [5.41, 5.74) is 5.45. The molecule has 0 aliphatic carbocycles. The molecule has 7 nitrogen and oxygen atoms in total. The van der Waals surface area contributed by atoms with E-state index in [-0.39, 0.29) is 5.91 Å². The molecular formula is C23H16N6O. The first-order valence-corrected chi connectivity index (χ1v) is 9.41. The van der Waals surface area contributed by atoms with Crippen molar-refractivity contribution in [3.05, 3.63) is 90.0 Å². The van der Waals surface area contributed by atoms with Gasteiger partial charge in [-0.1, -0.05) is 12.1 Å². The van der Waals surface area contributed by atoms with E-state index in [2.05, 4.69) is 26.3 Å². The summed E-state index contributed by atoms with van der Waals surface area (Å²) >= 11 is 0. The van der Waals surface area contributed by atoms with Crippen molar-refractivity contribution in [3.8, 4) is 11.8 Å². The average molecular weight is 392 g/mol. The molecule has 0 spiro atoms. The number of fused-ring (bicyclic) bond motifs is 2. The molecule has 30 heavy (non-hydrogen) atoms. The first kappa shape index (κ1) is 17.6. The molecule has 0 bridgehead atoms. The number of imidazole rings is 2. The van der Waals surface area contributed by atoms with Crippen LogP contribution in [0.2, 0.25) is 0 Å². The van der Waals surface area contributed by atoms with Crippen LogP contribution in [0.1, 0.15) is 21.7 Å². The van der Waals surface area contributed by atoms with Crippen LogP contribution in [-0.2, 0) is 6.54 Å². The van der Waals surface area contributed by atoms with Gasteiger partial charge in [-0.2, -0.15) is 5.26 Å². The normalized spacial score (nSPS) is 10.9. The number of nitrogens with zero attached hydrogens (tertiary/aromatic N) is 4. The molecule has 3 aromatic carbocycles. The minimum absolute atomic E-state index is 0.190. The molecule has 0 aliphatic rings. The minimum Gasteiger partial charge on any atom is -0.345 e. The highest BCUT2D eigenvalue weighted by Crippen LogP contribution is 2.20. The van der Waals surface area contributed by atoms with E-state index in [9.17, 15) is 4.79 Å². The Labute approximate surface area is 171 Å². The van der Waals surface area contributed by atoms with Gasteiger partial charge in [-0.05, 0) is 54.6 Å². The summed E-state index contributed by atoms with van der Waals surface area (Å²) in [5.74, 6) is 0.515. The van der Waals surface area contributed by atoms with Gasteiger partial charge in [-0.3, -0.25) is 9.36 Å². The van der Waals surface area contributed by atoms with E-state index in [1.807, 2.05) is 47.0 Å². The molecule has 0 fully saturated rings. The standard InChI is InChI=1S/C23H16N6O/c24-12-15-5-8-17(9-6-15)29-14-26-20-11-16(7-10-21(20)29)23(30)25-13-22-27-18-3-1-2-4-19(18)28-22/h1-11,14H,13H2,(H,25,30)(H,27,28). The van der Waals surface area contributed by atoms with Crippen molar-refractivity contribution in [1.29, 1.82) is 5.26 Å². The number of para-hydroxylation sites is 2.